The van der Waals surface area contributed by atoms with Crippen molar-refractivity contribution in [2.75, 3.05) is 6.54 Å². The highest BCUT2D eigenvalue weighted by molar-refractivity contribution is 5.96. The number of carbonyl (C=O) groups excluding carboxylic acids is 1. The van der Waals surface area contributed by atoms with Gasteiger partial charge >= 0.3 is 0 Å². The van der Waals surface area contributed by atoms with E-state index >= 15 is 0 Å². The number of rotatable bonds is 2. The van der Waals surface area contributed by atoms with Crippen LogP contribution in [0.5, 0.6) is 0 Å². The predicted molar refractivity (Wildman–Crippen MR) is 76.0 cm³/mol. The van der Waals surface area contributed by atoms with Crippen LogP contribution in [-0.2, 0) is 6.42 Å². The summed E-state index contributed by atoms with van der Waals surface area (Å²) >= 11 is 0. The van der Waals surface area contributed by atoms with Crippen molar-refractivity contribution in [1.82, 2.24) is 5.32 Å². The molecule has 1 aromatic carbocycles. The minimum Gasteiger partial charge on any atom is -0.352 e. The van der Waals surface area contributed by atoms with E-state index in [9.17, 15) is 4.79 Å². The molecular weight excluding hydrogens is 236 g/mol. The summed E-state index contributed by atoms with van der Waals surface area (Å²) in [6, 6.07) is 6.31. The second kappa shape index (κ2) is 5.33. The normalized spacial score (nSPS) is 21.6. The fourth-order valence-electron chi connectivity index (χ4n) is 3.40. The molecule has 1 saturated carbocycles. The van der Waals surface area contributed by atoms with E-state index in [1.165, 1.54) is 32.1 Å². The maximum absolute atomic E-state index is 11.9. The highest BCUT2D eigenvalue weighted by atomic mass is 16.1. The van der Waals surface area contributed by atoms with Crippen molar-refractivity contribution < 1.29 is 4.79 Å². The molecule has 1 aliphatic carbocycles. The van der Waals surface area contributed by atoms with Crippen LogP contribution in [0.2, 0.25) is 0 Å². The van der Waals surface area contributed by atoms with Crippen molar-refractivity contribution in [2.45, 2.75) is 44.6 Å². The molecule has 1 aliphatic heterocycles. The molecule has 0 aromatic heterocycles. The van der Waals surface area contributed by atoms with Crippen LogP contribution in [0.15, 0.2) is 18.2 Å². The zero-order chi connectivity index (χ0) is 13.2. The topological polar surface area (TPSA) is 55.1 Å². The Morgan fingerprint density at radius 2 is 2.00 bits per heavy atom. The van der Waals surface area contributed by atoms with E-state index in [1.54, 1.807) is 0 Å². The summed E-state index contributed by atoms with van der Waals surface area (Å²) in [6.07, 6.45) is 7.32. The molecule has 102 valence electrons. The molecule has 1 heterocycles. The van der Waals surface area contributed by atoms with Gasteiger partial charge in [-0.25, -0.2) is 0 Å². The minimum atomic E-state index is 0.0546. The first-order chi connectivity index (χ1) is 9.25. The van der Waals surface area contributed by atoms with Gasteiger partial charge in [-0.3, -0.25) is 4.79 Å². The molecule has 1 atom stereocenters. The predicted octanol–water partition coefficient (Wildman–Crippen LogP) is 2.55. The lowest BCUT2D eigenvalue weighted by Crippen LogP contribution is -2.32. The Labute approximate surface area is 114 Å². The van der Waals surface area contributed by atoms with Crippen LogP contribution >= 0.6 is 0 Å². The molecule has 0 saturated heterocycles. The van der Waals surface area contributed by atoms with E-state index in [4.69, 9.17) is 5.73 Å². The summed E-state index contributed by atoms with van der Waals surface area (Å²) in [5.41, 5.74) is 9.53. The van der Waals surface area contributed by atoms with Gasteiger partial charge in [-0.15, -0.1) is 0 Å². The second-order valence-electron chi connectivity index (χ2n) is 5.85. The first kappa shape index (κ1) is 12.7. The van der Waals surface area contributed by atoms with Gasteiger partial charge in [-0.05, 0) is 42.4 Å². The first-order valence-electron chi connectivity index (χ1n) is 7.42. The fourth-order valence-corrected chi connectivity index (χ4v) is 3.40. The number of nitrogens with one attached hydrogen (secondary N) is 1. The zero-order valence-electron chi connectivity index (χ0n) is 11.3. The quantitative estimate of drug-likeness (QED) is 0.856. The van der Waals surface area contributed by atoms with Crippen molar-refractivity contribution in [2.24, 2.45) is 11.7 Å². The molecule has 0 spiro atoms. The Balaban J connectivity index is 1.84. The Morgan fingerprint density at radius 3 is 2.79 bits per heavy atom. The zero-order valence-corrected chi connectivity index (χ0v) is 11.3. The summed E-state index contributed by atoms with van der Waals surface area (Å²) in [5.74, 6) is 0.636. The van der Waals surface area contributed by atoms with Gasteiger partial charge in [0.05, 0.1) is 0 Å². The molecular formula is C16H22N2O. The van der Waals surface area contributed by atoms with E-state index in [-0.39, 0.29) is 11.9 Å². The Kier molecular flexibility index (Phi) is 3.56. The molecule has 3 nitrogen and oxygen atoms in total. The summed E-state index contributed by atoms with van der Waals surface area (Å²) in [5, 5.41) is 2.90. The monoisotopic (exact) mass is 258 g/mol. The van der Waals surface area contributed by atoms with Gasteiger partial charge in [0.2, 0.25) is 0 Å². The Morgan fingerprint density at radius 1 is 1.21 bits per heavy atom. The van der Waals surface area contributed by atoms with Gasteiger partial charge in [0.25, 0.3) is 5.91 Å². The SMILES string of the molecule is NC(c1ccc2c(c1)C(=O)NCC2)C1CCCCC1. The van der Waals surface area contributed by atoms with Crippen molar-refractivity contribution in [3.05, 3.63) is 34.9 Å². The first-order valence-corrected chi connectivity index (χ1v) is 7.42. The van der Waals surface area contributed by atoms with Crippen molar-refractivity contribution >= 4 is 5.91 Å². The van der Waals surface area contributed by atoms with Crippen molar-refractivity contribution in [3.8, 4) is 0 Å². The summed E-state index contributed by atoms with van der Waals surface area (Å²) in [4.78, 5) is 11.9. The van der Waals surface area contributed by atoms with Crippen LogP contribution < -0.4 is 11.1 Å². The third-order valence-electron chi connectivity index (χ3n) is 4.60. The third kappa shape index (κ3) is 2.52. The average Bonchev–Trinajstić information content (AvgIpc) is 2.47. The summed E-state index contributed by atoms with van der Waals surface area (Å²) < 4.78 is 0. The maximum Gasteiger partial charge on any atom is 0.251 e. The molecule has 1 amide bonds. The number of benzene rings is 1. The number of hydrogen-bond donors (Lipinski definition) is 2. The van der Waals surface area contributed by atoms with E-state index in [1.807, 2.05) is 6.07 Å². The van der Waals surface area contributed by atoms with Crippen LogP contribution in [0.1, 0.15) is 59.6 Å². The number of amides is 1. The van der Waals surface area contributed by atoms with E-state index in [2.05, 4.69) is 17.4 Å². The van der Waals surface area contributed by atoms with Crippen LogP contribution in [0.25, 0.3) is 0 Å². The molecule has 1 fully saturated rings. The number of nitrogens with two attached hydrogens (primary N) is 1. The largest absolute Gasteiger partial charge is 0.352 e. The minimum absolute atomic E-state index is 0.0546. The standard InChI is InChI=1S/C16H22N2O/c17-15(12-4-2-1-3-5-12)13-7-6-11-8-9-18-16(19)14(11)10-13/h6-7,10,12,15H,1-5,8-9,17H2,(H,18,19). The Bertz CT molecular complexity index is 478. The molecule has 19 heavy (non-hydrogen) atoms. The van der Waals surface area contributed by atoms with Crippen molar-refractivity contribution in [3.63, 3.8) is 0 Å². The van der Waals surface area contributed by atoms with Gasteiger partial charge in [-0.2, -0.15) is 0 Å². The highest BCUT2D eigenvalue weighted by Crippen LogP contribution is 2.33. The van der Waals surface area contributed by atoms with Crippen LogP contribution in [0.4, 0.5) is 0 Å². The maximum atomic E-state index is 11.9. The van der Waals surface area contributed by atoms with Gasteiger partial charge < -0.3 is 11.1 Å². The molecule has 3 N–H and O–H groups in total. The van der Waals surface area contributed by atoms with Gasteiger partial charge in [0.1, 0.15) is 0 Å². The number of hydrogen-bond acceptors (Lipinski definition) is 2. The highest BCUT2D eigenvalue weighted by Gasteiger charge is 2.24. The lowest BCUT2D eigenvalue weighted by atomic mass is 9.81. The summed E-state index contributed by atoms with van der Waals surface area (Å²) in [6.45, 7) is 0.750. The van der Waals surface area contributed by atoms with Crippen LogP contribution in [0.3, 0.4) is 0 Å². The van der Waals surface area contributed by atoms with E-state index < -0.39 is 0 Å². The van der Waals surface area contributed by atoms with Gasteiger partial charge in [0.15, 0.2) is 0 Å². The molecule has 2 aliphatic rings. The molecule has 1 unspecified atom stereocenters. The fraction of sp³-hybridized carbons (Fsp3) is 0.562. The second-order valence-corrected chi connectivity index (χ2v) is 5.85. The van der Waals surface area contributed by atoms with E-state index in [0.29, 0.717) is 5.92 Å². The summed E-state index contributed by atoms with van der Waals surface area (Å²) in [7, 11) is 0. The molecule has 3 rings (SSSR count). The molecule has 3 heteroatoms. The molecule has 1 aromatic rings. The Hall–Kier alpha value is -1.35. The molecule has 0 bridgehead atoms. The van der Waals surface area contributed by atoms with Gasteiger partial charge in [-0.1, -0.05) is 31.4 Å². The number of carbonyl (C=O) groups is 1. The third-order valence-corrected chi connectivity index (χ3v) is 4.60. The smallest absolute Gasteiger partial charge is 0.251 e. The van der Waals surface area contributed by atoms with Gasteiger partial charge in [0, 0.05) is 18.2 Å². The molecule has 0 radical (unpaired) electrons. The number of fused-ring (bicyclic) bond motifs is 1. The lowest BCUT2D eigenvalue weighted by molar-refractivity contribution is 0.0946. The lowest BCUT2D eigenvalue weighted by Gasteiger charge is -2.28. The van der Waals surface area contributed by atoms with Crippen molar-refractivity contribution in [1.29, 1.82) is 0 Å². The van der Waals surface area contributed by atoms with E-state index in [0.717, 1.165) is 29.7 Å². The van der Waals surface area contributed by atoms with Crippen LogP contribution in [-0.4, -0.2) is 12.5 Å². The van der Waals surface area contributed by atoms with Crippen LogP contribution in [0, 0.1) is 5.92 Å². The average molecular weight is 258 g/mol.